The highest BCUT2D eigenvalue weighted by Gasteiger charge is 2.23. The van der Waals surface area contributed by atoms with Crippen molar-refractivity contribution in [3.8, 4) is 0 Å². The summed E-state index contributed by atoms with van der Waals surface area (Å²) in [6, 6.07) is 11.9. The van der Waals surface area contributed by atoms with E-state index >= 15 is 0 Å². The van der Waals surface area contributed by atoms with Crippen LogP contribution in [0.25, 0.3) is 0 Å². The summed E-state index contributed by atoms with van der Waals surface area (Å²) in [6.07, 6.45) is 20.7. The molecule has 0 saturated carbocycles. The van der Waals surface area contributed by atoms with E-state index in [0.717, 1.165) is 5.92 Å². The minimum Gasteiger partial charge on any atom is -0.300 e. The van der Waals surface area contributed by atoms with Crippen molar-refractivity contribution < 1.29 is 0 Å². The first-order chi connectivity index (χ1) is 14.7. The number of unbranched alkanes of at least 4 members (excludes halogenated alkanes) is 10. The van der Waals surface area contributed by atoms with Gasteiger partial charge in [-0.3, -0.25) is 0 Å². The average molecular weight is 416 g/mol. The number of nitrogens with zero attached hydrogens (tertiary/aromatic N) is 1. The Hall–Kier alpha value is -0.820. The summed E-state index contributed by atoms with van der Waals surface area (Å²) in [6.45, 7) is 12.1. The molecular weight excluding hydrogens is 362 g/mol. The predicted octanol–water partition coefficient (Wildman–Crippen LogP) is 9.06. The van der Waals surface area contributed by atoms with Crippen LogP contribution in [0.5, 0.6) is 0 Å². The lowest BCUT2D eigenvalue weighted by Gasteiger charge is -2.35. The third-order valence-electron chi connectivity index (χ3n) is 6.86. The molecule has 0 radical (unpaired) electrons. The second-order valence-corrected chi connectivity index (χ2v) is 9.55. The normalized spacial score (nSPS) is 13.6. The van der Waals surface area contributed by atoms with Crippen molar-refractivity contribution in [1.29, 1.82) is 0 Å². The molecule has 0 aliphatic rings. The highest BCUT2D eigenvalue weighted by atomic mass is 15.1. The SMILES string of the molecule is CCCCCCCCN(CCCCCCCC)C(C)C(CCC)Cc1ccccc1. The molecule has 0 fully saturated rings. The summed E-state index contributed by atoms with van der Waals surface area (Å²) in [5.74, 6) is 0.776. The van der Waals surface area contributed by atoms with Crippen LogP contribution >= 0.6 is 0 Å². The van der Waals surface area contributed by atoms with Crippen molar-refractivity contribution in [2.45, 2.75) is 130 Å². The van der Waals surface area contributed by atoms with Crippen LogP contribution in [0.4, 0.5) is 0 Å². The van der Waals surface area contributed by atoms with E-state index in [1.165, 1.54) is 115 Å². The monoisotopic (exact) mass is 415 g/mol. The molecule has 0 aromatic heterocycles. The Kier molecular flexibility index (Phi) is 17.2. The van der Waals surface area contributed by atoms with E-state index in [1.807, 2.05) is 0 Å². The maximum absolute atomic E-state index is 2.86. The van der Waals surface area contributed by atoms with E-state index < -0.39 is 0 Å². The van der Waals surface area contributed by atoms with Crippen molar-refractivity contribution >= 4 is 0 Å². The zero-order valence-corrected chi connectivity index (χ0v) is 21.0. The molecule has 0 aliphatic carbocycles. The quantitative estimate of drug-likeness (QED) is 0.192. The van der Waals surface area contributed by atoms with Gasteiger partial charge in [0.2, 0.25) is 0 Å². The van der Waals surface area contributed by atoms with E-state index in [0.29, 0.717) is 6.04 Å². The van der Waals surface area contributed by atoms with Crippen LogP contribution in [-0.2, 0) is 6.42 Å². The van der Waals surface area contributed by atoms with Crippen molar-refractivity contribution in [2.24, 2.45) is 5.92 Å². The smallest absolute Gasteiger partial charge is 0.00983 e. The van der Waals surface area contributed by atoms with Gasteiger partial charge in [-0.2, -0.15) is 0 Å². The molecule has 1 aromatic carbocycles. The minimum atomic E-state index is 0.691. The number of benzene rings is 1. The molecule has 1 aromatic rings. The molecule has 30 heavy (non-hydrogen) atoms. The van der Waals surface area contributed by atoms with Gasteiger partial charge < -0.3 is 4.90 Å². The number of hydrogen-bond donors (Lipinski definition) is 0. The molecule has 1 nitrogen and oxygen atoms in total. The highest BCUT2D eigenvalue weighted by Crippen LogP contribution is 2.23. The molecule has 1 rings (SSSR count). The molecule has 0 aliphatic heterocycles. The summed E-state index contributed by atoms with van der Waals surface area (Å²) >= 11 is 0. The second kappa shape index (κ2) is 18.9. The van der Waals surface area contributed by atoms with Crippen molar-refractivity contribution in [3.63, 3.8) is 0 Å². The molecule has 0 heterocycles. The Labute approximate surface area is 190 Å². The molecule has 1 heteroatoms. The van der Waals surface area contributed by atoms with Gasteiger partial charge in [0.25, 0.3) is 0 Å². The van der Waals surface area contributed by atoms with Gasteiger partial charge >= 0.3 is 0 Å². The summed E-state index contributed by atoms with van der Waals surface area (Å²) in [5, 5.41) is 0. The van der Waals surface area contributed by atoms with Crippen molar-refractivity contribution in [3.05, 3.63) is 35.9 Å². The first kappa shape index (κ1) is 27.2. The van der Waals surface area contributed by atoms with Crippen LogP contribution in [0.3, 0.4) is 0 Å². The highest BCUT2D eigenvalue weighted by molar-refractivity contribution is 5.15. The molecular formula is C29H53N. The predicted molar refractivity (Wildman–Crippen MR) is 136 cm³/mol. The minimum absolute atomic E-state index is 0.691. The van der Waals surface area contributed by atoms with E-state index in [-0.39, 0.29) is 0 Å². The van der Waals surface area contributed by atoms with Gasteiger partial charge in [-0.15, -0.1) is 0 Å². The molecule has 0 bridgehead atoms. The Balaban J connectivity index is 2.59. The molecule has 0 N–H and O–H groups in total. The zero-order chi connectivity index (χ0) is 21.9. The van der Waals surface area contributed by atoms with Crippen molar-refractivity contribution in [2.75, 3.05) is 13.1 Å². The van der Waals surface area contributed by atoms with Crippen LogP contribution in [0.15, 0.2) is 30.3 Å². The zero-order valence-electron chi connectivity index (χ0n) is 21.0. The van der Waals surface area contributed by atoms with Gasteiger partial charge in [0, 0.05) is 6.04 Å². The Bertz CT molecular complexity index is 453. The summed E-state index contributed by atoms with van der Waals surface area (Å²) in [4.78, 5) is 2.86. The number of rotatable bonds is 20. The number of hydrogen-bond acceptors (Lipinski definition) is 1. The first-order valence-corrected chi connectivity index (χ1v) is 13.5. The molecule has 2 atom stereocenters. The van der Waals surface area contributed by atoms with E-state index in [9.17, 15) is 0 Å². The Morgan fingerprint density at radius 1 is 0.633 bits per heavy atom. The van der Waals surface area contributed by atoms with Gasteiger partial charge in [0.1, 0.15) is 0 Å². The maximum Gasteiger partial charge on any atom is 0.00983 e. The van der Waals surface area contributed by atoms with Crippen LogP contribution < -0.4 is 0 Å². The van der Waals surface area contributed by atoms with Crippen LogP contribution in [0.1, 0.15) is 123 Å². The molecule has 174 valence electrons. The average Bonchev–Trinajstić information content (AvgIpc) is 2.77. The van der Waals surface area contributed by atoms with Gasteiger partial charge in [-0.1, -0.05) is 122 Å². The van der Waals surface area contributed by atoms with Gasteiger partial charge in [-0.25, -0.2) is 0 Å². The van der Waals surface area contributed by atoms with E-state index in [1.54, 1.807) is 0 Å². The Morgan fingerprint density at radius 2 is 1.13 bits per heavy atom. The summed E-state index contributed by atoms with van der Waals surface area (Å²) in [7, 11) is 0. The standard InChI is InChI=1S/C29H53N/c1-5-8-10-12-14-19-24-30(25-20-15-13-11-9-6-2)27(4)29(21-7-3)26-28-22-17-16-18-23-28/h16-18,22-23,27,29H,5-15,19-21,24-26H2,1-4H3. The van der Waals surface area contributed by atoms with Crippen LogP contribution in [0.2, 0.25) is 0 Å². The van der Waals surface area contributed by atoms with Crippen molar-refractivity contribution in [1.82, 2.24) is 4.90 Å². The second-order valence-electron chi connectivity index (χ2n) is 9.55. The fourth-order valence-electron chi connectivity index (χ4n) is 4.81. The molecule has 0 spiro atoms. The lowest BCUT2D eigenvalue weighted by Crippen LogP contribution is -2.40. The molecule has 0 amide bonds. The topological polar surface area (TPSA) is 3.24 Å². The van der Waals surface area contributed by atoms with Crippen LogP contribution in [-0.4, -0.2) is 24.0 Å². The third-order valence-corrected chi connectivity index (χ3v) is 6.86. The van der Waals surface area contributed by atoms with E-state index in [4.69, 9.17) is 0 Å². The maximum atomic E-state index is 2.86. The summed E-state index contributed by atoms with van der Waals surface area (Å²) in [5.41, 5.74) is 1.52. The third kappa shape index (κ3) is 12.8. The Morgan fingerprint density at radius 3 is 1.63 bits per heavy atom. The fraction of sp³-hybridized carbons (Fsp3) is 0.793. The molecule has 0 saturated heterocycles. The largest absolute Gasteiger partial charge is 0.300 e. The van der Waals surface area contributed by atoms with E-state index in [2.05, 4.69) is 62.9 Å². The van der Waals surface area contributed by atoms with Crippen LogP contribution in [0, 0.1) is 5.92 Å². The lowest BCUT2D eigenvalue weighted by molar-refractivity contribution is 0.141. The van der Waals surface area contributed by atoms with Gasteiger partial charge in [-0.05, 0) is 57.2 Å². The van der Waals surface area contributed by atoms with Gasteiger partial charge in [0.15, 0.2) is 0 Å². The summed E-state index contributed by atoms with van der Waals surface area (Å²) < 4.78 is 0. The molecule has 2 unspecified atom stereocenters. The van der Waals surface area contributed by atoms with Gasteiger partial charge in [0.05, 0.1) is 0 Å². The first-order valence-electron chi connectivity index (χ1n) is 13.5. The lowest BCUT2D eigenvalue weighted by atomic mass is 9.88. The fourth-order valence-corrected chi connectivity index (χ4v) is 4.81.